The maximum Gasteiger partial charge on any atom is 0.278 e. The molecule has 0 bridgehead atoms. The van der Waals surface area contributed by atoms with Crippen molar-refractivity contribution in [1.29, 1.82) is 0 Å². The number of aromatic nitrogens is 3. The van der Waals surface area contributed by atoms with E-state index in [0.717, 1.165) is 87.6 Å². The highest BCUT2D eigenvalue weighted by Gasteiger charge is 2.26. The number of halogens is 2. The lowest BCUT2D eigenvalue weighted by molar-refractivity contribution is -0.117. The van der Waals surface area contributed by atoms with E-state index in [1.54, 1.807) is 24.5 Å². The Morgan fingerprint density at radius 1 is 1.22 bits per heavy atom. The Bertz CT molecular complexity index is 1000. The van der Waals surface area contributed by atoms with Gasteiger partial charge >= 0.3 is 0 Å². The van der Waals surface area contributed by atoms with Crippen LogP contribution in [-0.4, -0.2) is 64.0 Å². The first-order chi connectivity index (χ1) is 17.2. The fraction of sp³-hybridized carbons (Fsp3) is 0.615. The molecule has 2 aliphatic rings. The summed E-state index contributed by atoms with van der Waals surface area (Å²) >= 11 is 1.41. The molecule has 0 atom stereocenters. The molecule has 4 rings (SSSR count). The molecule has 0 saturated heterocycles. The van der Waals surface area contributed by atoms with Crippen LogP contribution in [0.2, 0.25) is 0 Å². The second-order valence-electron chi connectivity index (χ2n) is 9.96. The number of thiazole rings is 1. The number of nitrogens with one attached hydrogen (secondary N) is 1. The summed E-state index contributed by atoms with van der Waals surface area (Å²) in [7, 11) is 0. The van der Waals surface area contributed by atoms with Crippen molar-refractivity contribution < 1.29 is 18.3 Å². The van der Waals surface area contributed by atoms with Crippen LogP contribution in [0.3, 0.4) is 0 Å². The van der Waals surface area contributed by atoms with Crippen molar-refractivity contribution in [3.63, 3.8) is 0 Å². The van der Waals surface area contributed by atoms with Gasteiger partial charge in [0, 0.05) is 61.4 Å². The third kappa shape index (κ3) is 8.30. The number of carbonyl (C=O) groups is 1. The van der Waals surface area contributed by atoms with Crippen molar-refractivity contribution in [2.24, 2.45) is 5.92 Å². The van der Waals surface area contributed by atoms with Gasteiger partial charge in [-0.05, 0) is 64.0 Å². The minimum atomic E-state index is -2.85. The van der Waals surface area contributed by atoms with E-state index in [2.05, 4.69) is 25.2 Å². The van der Waals surface area contributed by atoms with Gasteiger partial charge < -0.3 is 15.0 Å². The number of carbonyl (C=O) groups excluding carboxylic acids is 1. The molecule has 1 amide bonds. The first-order valence-electron chi connectivity index (χ1n) is 12.7. The van der Waals surface area contributed by atoms with Gasteiger partial charge in [0.2, 0.25) is 5.91 Å². The summed E-state index contributed by atoms with van der Waals surface area (Å²) in [5.74, 6) is -1.52. The number of amides is 1. The first kappa shape index (κ1) is 26.6. The second-order valence-corrected chi connectivity index (χ2v) is 11.0. The van der Waals surface area contributed by atoms with Gasteiger partial charge in [-0.1, -0.05) is 11.3 Å². The van der Waals surface area contributed by atoms with Crippen LogP contribution in [0.25, 0.3) is 6.08 Å². The van der Waals surface area contributed by atoms with E-state index in [-0.39, 0.29) is 11.9 Å². The Morgan fingerprint density at radius 3 is 2.67 bits per heavy atom. The molecule has 1 N–H and O–H groups in total. The highest BCUT2D eigenvalue weighted by atomic mass is 32.1. The number of nitrogens with zero attached hydrogens (tertiary/aromatic N) is 4. The molecule has 196 valence electrons. The smallest absolute Gasteiger partial charge is 0.278 e. The molecule has 10 heteroatoms. The number of hydrogen-bond acceptors (Lipinski definition) is 7. The predicted molar refractivity (Wildman–Crippen MR) is 136 cm³/mol. The van der Waals surface area contributed by atoms with Gasteiger partial charge in [0.15, 0.2) is 6.61 Å². The number of fused-ring (bicyclic) bond motifs is 1. The summed E-state index contributed by atoms with van der Waals surface area (Å²) in [5.41, 5.74) is 1.81. The molecule has 1 aliphatic carbocycles. The molecule has 2 aromatic heterocycles. The predicted octanol–water partition coefficient (Wildman–Crippen LogP) is 4.45. The zero-order valence-electron chi connectivity index (χ0n) is 21.0. The van der Waals surface area contributed by atoms with E-state index < -0.39 is 12.5 Å². The SMILES string of the molecule is Cc1ncc(/C=C/C(=O)N[C@H]2CC[C@H](CCN3CCc4nc(OCC(C)(F)F)sc4CC3)CC2)cn1. The normalized spacial score (nSPS) is 21.2. The molecule has 0 aromatic carbocycles. The van der Waals surface area contributed by atoms with Crippen LogP contribution in [0.15, 0.2) is 18.5 Å². The second kappa shape index (κ2) is 12.2. The average molecular weight is 520 g/mol. The van der Waals surface area contributed by atoms with Crippen LogP contribution in [0, 0.1) is 12.8 Å². The molecule has 0 radical (unpaired) electrons. The van der Waals surface area contributed by atoms with Gasteiger partial charge in [-0.3, -0.25) is 4.79 Å². The Morgan fingerprint density at radius 2 is 1.94 bits per heavy atom. The Hall–Kier alpha value is -2.46. The van der Waals surface area contributed by atoms with Crippen molar-refractivity contribution in [2.75, 3.05) is 26.2 Å². The molecule has 7 nitrogen and oxygen atoms in total. The van der Waals surface area contributed by atoms with Crippen LogP contribution in [0.1, 0.15) is 61.0 Å². The molecule has 1 aliphatic heterocycles. The third-order valence-electron chi connectivity index (χ3n) is 6.80. The fourth-order valence-electron chi connectivity index (χ4n) is 4.73. The highest BCUT2D eigenvalue weighted by Crippen LogP contribution is 2.30. The van der Waals surface area contributed by atoms with E-state index in [1.807, 2.05) is 6.92 Å². The summed E-state index contributed by atoms with van der Waals surface area (Å²) in [6.07, 6.45) is 13.9. The van der Waals surface area contributed by atoms with Gasteiger partial charge in [0.1, 0.15) is 5.82 Å². The first-order valence-corrected chi connectivity index (χ1v) is 13.5. The van der Waals surface area contributed by atoms with Crippen LogP contribution >= 0.6 is 11.3 Å². The molecular weight excluding hydrogens is 484 g/mol. The average Bonchev–Trinajstić information content (AvgIpc) is 3.15. The molecule has 1 saturated carbocycles. The minimum absolute atomic E-state index is 0.0679. The lowest BCUT2D eigenvalue weighted by Crippen LogP contribution is -2.37. The van der Waals surface area contributed by atoms with E-state index in [1.165, 1.54) is 11.3 Å². The zero-order chi connectivity index (χ0) is 25.5. The number of rotatable bonds is 9. The summed E-state index contributed by atoms with van der Waals surface area (Å²) in [5, 5.41) is 3.49. The Labute approximate surface area is 215 Å². The Balaban J connectivity index is 1.13. The molecular formula is C26H35F2N5O2S. The number of aryl methyl sites for hydroxylation is 1. The van der Waals surface area contributed by atoms with Gasteiger partial charge in [-0.2, -0.15) is 0 Å². The molecule has 0 unspecified atom stereocenters. The largest absolute Gasteiger partial charge is 0.464 e. The van der Waals surface area contributed by atoms with Gasteiger partial charge in [0.05, 0.1) is 5.69 Å². The van der Waals surface area contributed by atoms with Crippen LogP contribution in [0.5, 0.6) is 5.19 Å². The number of alkyl halides is 2. The van der Waals surface area contributed by atoms with Gasteiger partial charge in [0.25, 0.3) is 11.1 Å². The fourth-order valence-corrected chi connectivity index (χ4v) is 5.67. The Kier molecular flexibility index (Phi) is 9.00. The van der Waals surface area contributed by atoms with E-state index in [9.17, 15) is 13.6 Å². The van der Waals surface area contributed by atoms with E-state index in [0.29, 0.717) is 16.9 Å². The summed E-state index contributed by atoms with van der Waals surface area (Å²) in [6.45, 7) is 5.01. The minimum Gasteiger partial charge on any atom is -0.464 e. The molecule has 1 fully saturated rings. The summed E-state index contributed by atoms with van der Waals surface area (Å²) in [4.78, 5) is 28.7. The molecule has 2 aromatic rings. The van der Waals surface area contributed by atoms with Crippen LogP contribution < -0.4 is 10.1 Å². The monoisotopic (exact) mass is 519 g/mol. The number of ether oxygens (including phenoxy) is 1. The van der Waals surface area contributed by atoms with Crippen molar-refractivity contribution in [3.05, 3.63) is 40.4 Å². The molecule has 3 heterocycles. The van der Waals surface area contributed by atoms with Crippen molar-refractivity contribution in [2.45, 2.75) is 70.8 Å². The molecule has 36 heavy (non-hydrogen) atoms. The lowest BCUT2D eigenvalue weighted by Gasteiger charge is -2.30. The van der Waals surface area contributed by atoms with Crippen molar-refractivity contribution in [3.8, 4) is 5.19 Å². The lowest BCUT2D eigenvalue weighted by atomic mass is 9.84. The summed E-state index contributed by atoms with van der Waals surface area (Å²) < 4.78 is 31.3. The maximum atomic E-state index is 13.0. The van der Waals surface area contributed by atoms with Gasteiger partial charge in [-0.15, -0.1) is 0 Å². The van der Waals surface area contributed by atoms with E-state index >= 15 is 0 Å². The standard InChI is InChI=1S/C26H35F2N5O2S/c1-18-29-15-20(16-30-18)5-8-24(34)31-21-6-3-19(4-7-21)9-12-33-13-10-22-23(11-14-33)36-25(32-22)35-17-26(2,27)28/h5,8,15-16,19,21H,3-4,6-7,9-14,17H2,1-2H3,(H,31,34)/b8-5+/t19-,21-. The topological polar surface area (TPSA) is 80.2 Å². The maximum absolute atomic E-state index is 13.0. The third-order valence-corrected chi connectivity index (χ3v) is 7.87. The zero-order valence-corrected chi connectivity index (χ0v) is 21.8. The quantitative estimate of drug-likeness (QED) is 0.493. The van der Waals surface area contributed by atoms with Gasteiger partial charge in [-0.25, -0.2) is 23.7 Å². The van der Waals surface area contributed by atoms with Crippen molar-refractivity contribution in [1.82, 2.24) is 25.2 Å². The van der Waals surface area contributed by atoms with Crippen LogP contribution in [0.4, 0.5) is 8.78 Å². The van der Waals surface area contributed by atoms with Crippen LogP contribution in [-0.2, 0) is 17.6 Å². The number of hydrogen-bond donors (Lipinski definition) is 1. The molecule has 0 spiro atoms. The highest BCUT2D eigenvalue weighted by molar-refractivity contribution is 7.13. The van der Waals surface area contributed by atoms with Crippen molar-refractivity contribution >= 4 is 23.3 Å². The van der Waals surface area contributed by atoms with E-state index in [4.69, 9.17) is 4.74 Å². The summed E-state index contributed by atoms with van der Waals surface area (Å²) in [6, 6.07) is 0.233.